The molecule has 0 radical (unpaired) electrons. The SMILES string of the molecule is C=C(NCCCC(=NC(=N)c1cncnc1)c1c(C)cccc1-c1ccccc1)OCc1ccccc1. The molecule has 1 aromatic heterocycles. The monoisotopic (exact) mass is 489 g/mol. The third-order valence-electron chi connectivity index (χ3n) is 5.90. The van der Waals surface area contributed by atoms with E-state index in [2.05, 4.69) is 59.1 Å². The Bertz CT molecular complexity index is 1350. The quantitative estimate of drug-likeness (QED) is 0.112. The van der Waals surface area contributed by atoms with Gasteiger partial charge in [-0.05, 0) is 48.6 Å². The van der Waals surface area contributed by atoms with E-state index < -0.39 is 0 Å². The van der Waals surface area contributed by atoms with Crippen molar-refractivity contribution in [3.63, 3.8) is 0 Å². The van der Waals surface area contributed by atoms with Gasteiger partial charge in [-0.2, -0.15) is 0 Å². The van der Waals surface area contributed by atoms with Gasteiger partial charge in [0.15, 0.2) is 11.7 Å². The van der Waals surface area contributed by atoms with Crippen LogP contribution in [-0.2, 0) is 11.3 Å². The highest BCUT2D eigenvalue weighted by molar-refractivity contribution is 6.14. The smallest absolute Gasteiger partial charge is 0.179 e. The number of aliphatic imine (C=N–C) groups is 1. The van der Waals surface area contributed by atoms with Crippen LogP contribution in [0.2, 0.25) is 0 Å². The van der Waals surface area contributed by atoms with Gasteiger partial charge < -0.3 is 10.1 Å². The van der Waals surface area contributed by atoms with Gasteiger partial charge in [0, 0.05) is 24.5 Å². The van der Waals surface area contributed by atoms with Crippen LogP contribution in [0.5, 0.6) is 0 Å². The van der Waals surface area contributed by atoms with Crippen molar-refractivity contribution in [2.24, 2.45) is 4.99 Å². The van der Waals surface area contributed by atoms with Gasteiger partial charge in [-0.1, -0.05) is 78.9 Å². The number of amidine groups is 1. The maximum absolute atomic E-state index is 8.62. The minimum Gasteiger partial charge on any atom is -0.475 e. The number of rotatable bonds is 11. The Kier molecular flexibility index (Phi) is 8.92. The number of hydrogen-bond acceptors (Lipinski definition) is 5. The Morgan fingerprint density at radius 1 is 0.946 bits per heavy atom. The zero-order chi connectivity index (χ0) is 25.9. The normalized spacial score (nSPS) is 11.1. The number of aromatic nitrogens is 2. The van der Waals surface area contributed by atoms with E-state index in [0.29, 0.717) is 31.0 Å². The van der Waals surface area contributed by atoms with Crippen molar-refractivity contribution in [3.05, 3.63) is 132 Å². The molecule has 186 valence electrons. The number of aryl methyl sites for hydroxylation is 1. The molecular formula is C31H31N5O. The Morgan fingerprint density at radius 2 is 1.65 bits per heavy atom. The molecule has 1 heterocycles. The number of nitrogens with one attached hydrogen (secondary N) is 2. The maximum atomic E-state index is 8.62. The largest absolute Gasteiger partial charge is 0.475 e. The Balaban J connectivity index is 1.51. The molecule has 0 saturated heterocycles. The van der Waals surface area contributed by atoms with Crippen molar-refractivity contribution >= 4 is 11.5 Å². The van der Waals surface area contributed by atoms with Crippen LogP contribution in [0.3, 0.4) is 0 Å². The third kappa shape index (κ3) is 7.21. The molecule has 0 unspecified atom stereocenters. The topological polar surface area (TPSA) is 83.3 Å². The van der Waals surface area contributed by atoms with Gasteiger partial charge in [-0.15, -0.1) is 0 Å². The second kappa shape index (κ2) is 12.9. The van der Waals surface area contributed by atoms with Gasteiger partial charge in [0.2, 0.25) is 0 Å². The van der Waals surface area contributed by atoms with E-state index in [1.54, 1.807) is 12.4 Å². The van der Waals surface area contributed by atoms with Gasteiger partial charge in [-0.3, -0.25) is 5.41 Å². The molecule has 4 aromatic rings. The van der Waals surface area contributed by atoms with E-state index in [1.165, 1.54) is 6.33 Å². The fourth-order valence-electron chi connectivity index (χ4n) is 4.05. The average Bonchev–Trinajstić information content (AvgIpc) is 2.95. The van der Waals surface area contributed by atoms with Crippen LogP contribution in [0.25, 0.3) is 11.1 Å². The molecule has 2 N–H and O–H groups in total. The molecule has 6 nitrogen and oxygen atoms in total. The summed E-state index contributed by atoms with van der Waals surface area (Å²) in [6.07, 6.45) is 6.13. The third-order valence-corrected chi connectivity index (χ3v) is 5.90. The molecule has 0 aliphatic rings. The van der Waals surface area contributed by atoms with E-state index in [0.717, 1.165) is 39.9 Å². The van der Waals surface area contributed by atoms with Crippen LogP contribution >= 0.6 is 0 Å². The number of benzene rings is 3. The number of nitrogens with zero attached hydrogens (tertiary/aromatic N) is 3. The van der Waals surface area contributed by atoms with E-state index in [4.69, 9.17) is 15.1 Å². The first-order chi connectivity index (χ1) is 18.1. The van der Waals surface area contributed by atoms with E-state index in [-0.39, 0.29) is 5.84 Å². The van der Waals surface area contributed by atoms with Crippen molar-refractivity contribution in [1.82, 2.24) is 15.3 Å². The number of hydrogen-bond donors (Lipinski definition) is 2. The second-order valence-corrected chi connectivity index (χ2v) is 8.63. The zero-order valence-electron chi connectivity index (χ0n) is 21.0. The summed E-state index contributed by atoms with van der Waals surface area (Å²) in [6, 6.07) is 26.5. The van der Waals surface area contributed by atoms with Crippen LogP contribution in [0.4, 0.5) is 0 Å². The Labute approximate surface area is 218 Å². The van der Waals surface area contributed by atoms with E-state index >= 15 is 0 Å². The minimum atomic E-state index is 0.140. The van der Waals surface area contributed by atoms with Crippen LogP contribution in [-0.4, -0.2) is 28.1 Å². The lowest BCUT2D eigenvalue weighted by molar-refractivity contribution is 0.179. The molecule has 0 amide bonds. The van der Waals surface area contributed by atoms with Crippen molar-refractivity contribution < 1.29 is 4.74 Å². The molecule has 0 aliphatic carbocycles. The minimum absolute atomic E-state index is 0.140. The summed E-state index contributed by atoms with van der Waals surface area (Å²) in [5.74, 6) is 0.679. The predicted octanol–water partition coefficient (Wildman–Crippen LogP) is 6.32. The molecule has 3 aromatic carbocycles. The first kappa shape index (κ1) is 25.5. The fraction of sp³-hybridized carbons (Fsp3) is 0.161. The Morgan fingerprint density at radius 3 is 2.38 bits per heavy atom. The van der Waals surface area contributed by atoms with Crippen molar-refractivity contribution in [1.29, 1.82) is 5.41 Å². The lowest BCUT2D eigenvalue weighted by Gasteiger charge is -2.17. The molecule has 0 atom stereocenters. The van der Waals surface area contributed by atoms with Crippen LogP contribution < -0.4 is 5.32 Å². The standard InChI is InChI=1S/C31H31N5O/c1-23-11-9-16-28(26-14-7-4-8-15-26)30(23)29(36-31(32)27-19-33-22-34-20-27)17-10-18-35-24(2)37-21-25-12-5-3-6-13-25/h3-9,11-16,19-20,22,32,35H,2,10,17-18,21H2,1H3. The summed E-state index contributed by atoms with van der Waals surface area (Å²) in [5.41, 5.74) is 6.90. The van der Waals surface area contributed by atoms with Gasteiger partial charge in [0.1, 0.15) is 12.9 Å². The van der Waals surface area contributed by atoms with E-state index in [1.807, 2.05) is 48.5 Å². The molecule has 0 aliphatic heterocycles. The lowest BCUT2D eigenvalue weighted by atomic mass is 9.91. The fourth-order valence-corrected chi connectivity index (χ4v) is 4.05. The second-order valence-electron chi connectivity index (χ2n) is 8.63. The van der Waals surface area contributed by atoms with Gasteiger partial charge in [0.05, 0.1) is 11.3 Å². The maximum Gasteiger partial charge on any atom is 0.179 e. The van der Waals surface area contributed by atoms with E-state index in [9.17, 15) is 0 Å². The van der Waals surface area contributed by atoms with Crippen molar-refractivity contribution in [3.8, 4) is 11.1 Å². The molecular weight excluding hydrogens is 458 g/mol. The highest BCUT2D eigenvalue weighted by atomic mass is 16.5. The summed E-state index contributed by atoms with van der Waals surface area (Å²) in [6.45, 7) is 7.22. The van der Waals surface area contributed by atoms with Gasteiger partial charge in [0.25, 0.3) is 0 Å². The number of ether oxygens (including phenoxy) is 1. The van der Waals surface area contributed by atoms with Crippen LogP contribution in [0.1, 0.15) is 35.1 Å². The molecule has 4 rings (SSSR count). The van der Waals surface area contributed by atoms with Crippen molar-refractivity contribution in [2.75, 3.05) is 6.54 Å². The summed E-state index contributed by atoms with van der Waals surface area (Å²) in [7, 11) is 0. The molecule has 6 heteroatoms. The highest BCUT2D eigenvalue weighted by Gasteiger charge is 2.15. The summed E-state index contributed by atoms with van der Waals surface area (Å²) in [4.78, 5) is 12.9. The first-order valence-corrected chi connectivity index (χ1v) is 12.3. The molecule has 0 spiro atoms. The highest BCUT2D eigenvalue weighted by Crippen LogP contribution is 2.28. The Hall–Kier alpha value is -4.58. The summed E-state index contributed by atoms with van der Waals surface area (Å²) < 4.78 is 5.75. The molecule has 0 bridgehead atoms. The van der Waals surface area contributed by atoms with Crippen LogP contribution in [0.15, 0.2) is 115 Å². The van der Waals surface area contributed by atoms with Crippen molar-refractivity contribution in [2.45, 2.75) is 26.4 Å². The van der Waals surface area contributed by atoms with Gasteiger partial charge >= 0.3 is 0 Å². The van der Waals surface area contributed by atoms with Crippen LogP contribution in [0, 0.1) is 12.3 Å². The first-order valence-electron chi connectivity index (χ1n) is 12.3. The molecule has 0 saturated carbocycles. The molecule has 0 fully saturated rings. The summed E-state index contributed by atoms with van der Waals surface area (Å²) >= 11 is 0. The average molecular weight is 490 g/mol. The lowest BCUT2D eigenvalue weighted by Crippen LogP contribution is -2.18. The predicted molar refractivity (Wildman–Crippen MR) is 150 cm³/mol. The molecule has 37 heavy (non-hydrogen) atoms. The summed E-state index contributed by atoms with van der Waals surface area (Å²) in [5, 5.41) is 11.9. The zero-order valence-corrected chi connectivity index (χ0v) is 21.0. The van der Waals surface area contributed by atoms with Gasteiger partial charge in [-0.25, -0.2) is 15.0 Å².